The van der Waals surface area contributed by atoms with Crippen LogP contribution in [0.15, 0.2) is 47.8 Å². The maximum Gasteiger partial charge on any atom is 0.262 e. The van der Waals surface area contributed by atoms with E-state index in [4.69, 9.17) is 0 Å². The van der Waals surface area contributed by atoms with Gasteiger partial charge in [-0.1, -0.05) is 62.1 Å². The molecule has 3 rings (SSSR count). The number of carbonyl (C=O) groups excluding carboxylic acids is 2. The number of rotatable bonds is 6. The van der Waals surface area contributed by atoms with Crippen molar-refractivity contribution in [2.75, 3.05) is 0 Å². The molecule has 26 heavy (non-hydrogen) atoms. The number of hydrogen-bond donors (Lipinski definition) is 2. The minimum absolute atomic E-state index is 0.0781. The first kappa shape index (κ1) is 18.6. The molecule has 138 valence electrons. The summed E-state index contributed by atoms with van der Waals surface area (Å²) in [4.78, 5) is 26.0. The Kier molecular flexibility index (Phi) is 6.83. The molecule has 1 fully saturated rings. The molecule has 1 aromatic heterocycles. The van der Waals surface area contributed by atoms with Gasteiger partial charge in [-0.3, -0.25) is 9.59 Å². The highest BCUT2D eigenvalue weighted by Crippen LogP contribution is 2.17. The van der Waals surface area contributed by atoms with Gasteiger partial charge in [0.05, 0.1) is 4.88 Å². The predicted molar refractivity (Wildman–Crippen MR) is 105 cm³/mol. The Hall–Kier alpha value is -2.14. The second-order valence-corrected chi connectivity index (χ2v) is 7.84. The Morgan fingerprint density at radius 1 is 1.00 bits per heavy atom. The summed E-state index contributed by atoms with van der Waals surface area (Å²) in [6, 6.07) is 13.1. The Balaban J connectivity index is 1.68. The smallest absolute Gasteiger partial charge is 0.262 e. The number of thiophene rings is 1. The lowest BCUT2D eigenvalue weighted by molar-refractivity contribution is -0.123. The van der Waals surface area contributed by atoms with E-state index in [0.717, 1.165) is 31.2 Å². The number of amides is 2. The zero-order valence-electron chi connectivity index (χ0n) is 14.9. The average Bonchev–Trinajstić information content (AvgIpc) is 3.08. The van der Waals surface area contributed by atoms with Crippen LogP contribution in [0.1, 0.15) is 53.8 Å². The molecular formula is C21H26N2O2S. The van der Waals surface area contributed by atoms with E-state index in [9.17, 15) is 9.59 Å². The molecule has 0 spiro atoms. The van der Waals surface area contributed by atoms with Gasteiger partial charge < -0.3 is 10.6 Å². The number of carbonyl (C=O) groups is 2. The molecule has 0 saturated heterocycles. The van der Waals surface area contributed by atoms with E-state index in [1.807, 2.05) is 41.8 Å². The van der Waals surface area contributed by atoms with Crippen molar-refractivity contribution in [1.82, 2.24) is 10.6 Å². The van der Waals surface area contributed by atoms with Gasteiger partial charge >= 0.3 is 0 Å². The molecule has 2 amide bonds. The molecule has 0 radical (unpaired) electrons. The van der Waals surface area contributed by atoms with Crippen LogP contribution in [0.2, 0.25) is 0 Å². The molecule has 1 saturated carbocycles. The second-order valence-electron chi connectivity index (χ2n) is 6.89. The standard InChI is InChI=1S/C21H26N2O2S/c24-20(22-17-11-6-1-2-7-12-17)18(15-16-9-4-3-5-10-16)23-21(25)19-13-8-14-26-19/h3-5,8-10,13-14,17-18H,1-2,6-7,11-12,15H2,(H,22,24)(H,23,25)/t18-/m0/s1. The number of nitrogens with one attached hydrogen (secondary N) is 2. The first-order valence-corrected chi connectivity index (χ1v) is 10.3. The van der Waals surface area contributed by atoms with E-state index < -0.39 is 6.04 Å². The molecule has 2 aromatic rings. The Labute approximate surface area is 159 Å². The summed E-state index contributed by atoms with van der Waals surface area (Å²) in [6.07, 6.45) is 7.37. The minimum Gasteiger partial charge on any atom is -0.352 e. The van der Waals surface area contributed by atoms with Crippen molar-refractivity contribution in [3.8, 4) is 0 Å². The lowest BCUT2D eigenvalue weighted by Gasteiger charge is -2.22. The van der Waals surface area contributed by atoms with Crippen LogP contribution in [0.3, 0.4) is 0 Å². The van der Waals surface area contributed by atoms with Gasteiger partial charge in [-0.25, -0.2) is 0 Å². The predicted octanol–water partition coefficient (Wildman–Crippen LogP) is 3.93. The monoisotopic (exact) mass is 370 g/mol. The average molecular weight is 371 g/mol. The van der Waals surface area contributed by atoms with Gasteiger partial charge in [0.1, 0.15) is 6.04 Å². The maximum absolute atomic E-state index is 12.9. The quantitative estimate of drug-likeness (QED) is 0.757. The van der Waals surface area contributed by atoms with E-state index >= 15 is 0 Å². The highest BCUT2D eigenvalue weighted by Gasteiger charge is 2.25. The van der Waals surface area contributed by atoms with Crippen molar-refractivity contribution in [3.63, 3.8) is 0 Å². The summed E-state index contributed by atoms with van der Waals surface area (Å²) < 4.78 is 0. The van der Waals surface area contributed by atoms with Crippen LogP contribution in [-0.2, 0) is 11.2 Å². The van der Waals surface area contributed by atoms with Crippen LogP contribution in [0.5, 0.6) is 0 Å². The largest absolute Gasteiger partial charge is 0.352 e. The summed E-state index contributed by atoms with van der Waals surface area (Å²) >= 11 is 1.39. The van der Waals surface area contributed by atoms with E-state index in [1.165, 1.54) is 24.2 Å². The van der Waals surface area contributed by atoms with Crippen molar-refractivity contribution in [3.05, 3.63) is 58.3 Å². The molecule has 1 aliphatic carbocycles. The third-order valence-electron chi connectivity index (χ3n) is 4.85. The maximum atomic E-state index is 12.9. The van der Waals surface area contributed by atoms with Crippen molar-refractivity contribution < 1.29 is 9.59 Å². The summed E-state index contributed by atoms with van der Waals surface area (Å²) in [6.45, 7) is 0. The molecule has 0 bridgehead atoms. The van der Waals surface area contributed by atoms with Gasteiger partial charge in [0.25, 0.3) is 5.91 Å². The SMILES string of the molecule is O=C(N[C@@H](Cc1ccccc1)C(=O)NC1CCCCCC1)c1cccs1. The van der Waals surface area contributed by atoms with Crippen LogP contribution in [-0.4, -0.2) is 23.9 Å². The normalized spacial score (nSPS) is 16.5. The lowest BCUT2D eigenvalue weighted by atomic mass is 10.0. The van der Waals surface area contributed by atoms with Gasteiger partial charge in [0.2, 0.25) is 5.91 Å². The Morgan fingerprint density at radius 3 is 2.38 bits per heavy atom. The molecule has 1 aliphatic rings. The van der Waals surface area contributed by atoms with Crippen LogP contribution in [0.4, 0.5) is 0 Å². The molecule has 0 aliphatic heterocycles. The molecule has 1 heterocycles. The Morgan fingerprint density at radius 2 is 1.73 bits per heavy atom. The van der Waals surface area contributed by atoms with Gasteiger partial charge in [0.15, 0.2) is 0 Å². The first-order valence-electron chi connectivity index (χ1n) is 9.41. The minimum atomic E-state index is -0.560. The van der Waals surface area contributed by atoms with Crippen LogP contribution >= 0.6 is 11.3 Å². The van der Waals surface area contributed by atoms with Crippen molar-refractivity contribution in [1.29, 1.82) is 0 Å². The molecule has 2 N–H and O–H groups in total. The van der Waals surface area contributed by atoms with E-state index in [1.54, 1.807) is 6.07 Å². The second kappa shape index (κ2) is 9.53. The van der Waals surface area contributed by atoms with E-state index in [0.29, 0.717) is 11.3 Å². The highest BCUT2D eigenvalue weighted by molar-refractivity contribution is 7.12. The molecule has 4 nitrogen and oxygen atoms in total. The Bertz CT molecular complexity index is 692. The van der Waals surface area contributed by atoms with Crippen LogP contribution < -0.4 is 10.6 Å². The fourth-order valence-electron chi connectivity index (χ4n) is 3.42. The fraction of sp³-hybridized carbons (Fsp3) is 0.429. The molecular weight excluding hydrogens is 344 g/mol. The molecule has 0 unspecified atom stereocenters. The molecule has 1 aromatic carbocycles. The third kappa shape index (κ3) is 5.43. The molecule has 5 heteroatoms. The van der Waals surface area contributed by atoms with Crippen LogP contribution in [0, 0.1) is 0 Å². The summed E-state index contributed by atoms with van der Waals surface area (Å²) in [7, 11) is 0. The van der Waals surface area contributed by atoms with Crippen molar-refractivity contribution >= 4 is 23.2 Å². The summed E-state index contributed by atoms with van der Waals surface area (Å²) in [5, 5.41) is 7.98. The van der Waals surface area contributed by atoms with Gasteiger partial charge in [-0.05, 0) is 29.9 Å². The number of hydrogen-bond acceptors (Lipinski definition) is 3. The topological polar surface area (TPSA) is 58.2 Å². The third-order valence-corrected chi connectivity index (χ3v) is 5.72. The first-order chi connectivity index (χ1) is 12.7. The van der Waals surface area contributed by atoms with Crippen molar-refractivity contribution in [2.45, 2.75) is 57.0 Å². The fourth-order valence-corrected chi connectivity index (χ4v) is 4.05. The van der Waals surface area contributed by atoms with Crippen molar-refractivity contribution in [2.24, 2.45) is 0 Å². The van der Waals surface area contributed by atoms with E-state index in [2.05, 4.69) is 10.6 Å². The van der Waals surface area contributed by atoms with Gasteiger partial charge in [0, 0.05) is 12.5 Å². The van der Waals surface area contributed by atoms with Gasteiger partial charge in [-0.2, -0.15) is 0 Å². The zero-order chi connectivity index (χ0) is 18.2. The lowest BCUT2D eigenvalue weighted by Crippen LogP contribution is -2.50. The zero-order valence-corrected chi connectivity index (χ0v) is 15.8. The summed E-state index contributed by atoms with van der Waals surface area (Å²) in [5.41, 5.74) is 1.04. The summed E-state index contributed by atoms with van der Waals surface area (Å²) in [5.74, 6) is -0.261. The number of benzene rings is 1. The van der Waals surface area contributed by atoms with Gasteiger partial charge in [-0.15, -0.1) is 11.3 Å². The molecule has 1 atom stereocenters. The van der Waals surface area contributed by atoms with Crippen LogP contribution in [0.25, 0.3) is 0 Å². The van der Waals surface area contributed by atoms with E-state index in [-0.39, 0.29) is 17.9 Å². The highest BCUT2D eigenvalue weighted by atomic mass is 32.1.